The van der Waals surface area contributed by atoms with Gasteiger partial charge in [0.2, 0.25) is 0 Å². The van der Waals surface area contributed by atoms with Crippen molar-refractivity contribution in [2.45, 2.75) is 0 Å². The van der Waals surface area contributed by atoms with Crippen LogP contribution in [0.1, 0.15) is 0 Å². The van der Waals surface area contributed by atoms with Crippen LogP contribution in [0.2, 0.25) is 5.02 Å². The van der Waals surface area contributed by atoms with Crippen LogP contribution in [0.25, 0.3) is 27.2 Å². The van der Waals surface area contributed by atoms with Gasteiger partial charge in [-0.1, -0.05) is 0 Å². The Labute approximate surface area is 142 Å². The Morgan fingerprint density at radius 3 is 2.43 bits per heavy atom. The first kappa shape index (κ1) is 14.3. The third-order valence-corrected chi connectivity index (χ3v) is 4.92. The first-order valence-electron chi connectivity index (χ1n) is 6.75. The average molecular weight is 388 g/mol. The van der Waals surface area contributed by atoms with Crippen LogP contribution in [-0.2, 0) is 0 Å². The molecule has 4 aromatic rings. The molecule has 2 aromatic carbocycles. The normalized spacial score (nSPS) is 10.8. The number of aromatic nitrogens is 6. The van der Waals surface area contributed by atoms with Crippen molar-refractivity contribution >= 4 is 26.3 Å². The molecule has 0 radical (unpaired) electrons. The summed E-state index contributed by atoms with van der Waals surface area (Å²) in [4.78, 5) is 1.52. The predicted molar refractivity (Wildman–Crippen MR) is 87.6 cm³/mol. The fraction of sp³-hybridized carbons (Fsp3) is 0. The second kappa shape index (κ2) is 6.04. The molecule has 8 heteroatoms. The van der Waals surface area contributed by atoms with Gasteiger partial charge in [0.25, 0.3) is 0 Å². The zero-order valence-corrected chi connectivity index (χ0v) is 14.1. The topological polar surface area (TPSA) is 69.4 Å². The van der Waals surface area contributed by atoms with Crippen LogP contribution in [0.15, 0.2) is 54.6 Å². The van der Waals surface area contributed by atoms with E-state index in [1.54, 1.807) is 0 Å². The van der Waals surface area contributed by atoms with Crippen LogP contribution in [0, 0.1) is 0 Å². The standard InChI is InChI=1S/C15H9ClN6Se/c16-12-8-6-10(7-9-12)13-15(23-21-17-13)22-19-14(18-20-22)11-4-2-1-3-5-11/h1-9H. The molecular formula is C15H9ClN6Se. The summed E-state index contributed by atoms with van der Waals surface area (Å²) in [6.07, 6.45) is 0. The fourth-order valence-corrected chi connectivity index (χ4v) is 3.48. The van der Waals surface area contributed by atoms with E-state index < -0.39 is 0 Å². The third kappa shape index (κ3) is 2.82. The van der Waals surface area contributed by atoms with Crippen LogP contribution in [-0.4, -0.2) is 44.1 Å². The number of nitrogens with zero attached hydrogens (tertiary/aromatic N) is 6. The van der Waals surface area contributed by atoms with E-state index in [0.29, 0.717) is 10.8 Å². The monoisotopic (exact) mass is 388 g/mol. The Hall–Kier alpha value is -2.34. The molecule has 0 fully saturated rings. The van der Waals surface area contributed by atoms with Crippen molar-refractivity contribution in [2.75, 3.05) is 0 Å². The summed E-state index contributed by atoms with van der Waals surface area (Å²) in [5.41, 5.74) is 2.62. The molecule has 0 saturated carbocycles. The van der Waals surface area contributed by atoms with Crippen molar-refractivity contribution in [1.82, 2.24) is 29.4 Å². The van der Waals surface area contributed by atoms with Gasteiger partial charge in [0.1, 0.15) is 0 Å². The second-order valence-electron chi connectivity index (χ2n) is 4.70. The summed E-state index contributed by atoms with van der Waals surface area (Å²) in [6.45, 7) is 0. The number of hydrogen-bond acceptors (Lipinski definition) is 5. The SMILES string of the molecule is Clc1ccc(-c2nn[se]c2-n2nnc(-c3ccccc3)n2)cc1. The van der Waals surface area contributed by atoms with Gasteiger partial charge in [-0.25, -0.2) is 0 Å². The number of rotatable bonds is 3. The molecule has 0 spiro atoms. The summed E-state index contributed by atoms with van der Waals surface area (Å²) in [7, 11) is 0. The van der Waals surface area contributed by atoms with Crippen molar-refractivity contribution in [3.8, 4) is 27.2 Å². The van der Waals surface area contributed by atoms with Crippen molar-refractivity contribution < 1.29 is 0 Å². The van der Waals surface area contributed by atoms with Crippen LogP contribution in [0.4, 0.5) is 0 Å². The molecule has 2 heterocycles. The number of halogens is 1. The van der Waals surface area contributed by atoms with E-state index in [1.807, 2.05) is 54.6 Å². The van der Waals surface area contributed by atoms with Gasteiger partial charge >= 0.3 is 143 Å². The van der Waals surface area contributed by atoms with Crippen LogP contribution in [0.3, 0.4) is 0 Å². The Bertz CT molecular complexity index is 932. The molecule has 0 aliphatic rings. The van der Waals surface area contributed by atoms with Gasteiger partial charge in [-0.3, -0.25) is 0 Å². The van der Waals surface area contributed by atoms with Crippen LogP contribution in [0.5, 0.6) is 0 Å². The molecule has 0 bridgehead atoms. The van der Waals surface area contributed by atoms with E-state index in [2.05, 4.69) is 24.6 Å². The first-order chi connectivity index (χ1) is 11.3. The van der Waals surface area contributed by atoms with Gasteiger partial charge in [0.15, 0.2) is 0 Å². The summed E-state index contributed by atoms with van der Waals surface area (Å²) in [6, 6.07) is 17.2. The Kier molecular flexibility index (Phi) is 3.75. The fourth-order valence-electron chi connectivity index (χ4n) is 2.11. The van der Waals surface area contributed by atoms with Crippen molar-refractivity contribution in [3.63, 3.8) is 0 Å². The molecule has 0 unspecified atom stereocenters. The van der Waals surface area contributed by atoms with E-state index in [4.69, 9.17) is 11.6 Å². The van der Waals surface area contributed by atoms with Crippen LogP contribution >= 0.6 is 11.6 Å². The Balaban J connectivity index is 1.74. The van der Waals surface area contributed by atoms with E-state index in [0.717, 1.165) is 21.4 Å². The number of tetrazole rings is 1. The molecule has 6 nitrogen and oxygen atoms in total. The van der Waals surface area contributed by atoms with Gasteiger partial charge in [0.05, 0.1) is 0 Å². The van der Waals surface area contributed by atoms with Gasteiger partial charge in [-0.15, -0.1) is 0 Å². The maximum absolute atomic E-state index is 5.94. The molecule has 4 rings (SSSR count). The van der Waals surface area contributed by atoms with Crippen molar-refractivity contribution in [1.29, 1.82) is 0 Å². The summed E-state index contributed by atoms with van der Waals surface area (Å²) >= 11 is 5.76. The second-order valence-corrected chi connectivity index (χ2v) is 6.68. The van der Waals surface area contributed by atoms with Gasteiger partial charge < -0.3 is 0 Å². The van der Waals surface area contributed by atoms with Gasteiger partial charge in [-0.2, -0.15) is 0 Å². The minimum absolute atomic E-state index is 0.177. The summed E-state index contributed by atoms with van der Waals surface area (Å²) in [5.74, 6) is 0.580. The zero-order chi connectivity index (χ0) is 15.6. The zero-order valence-electron chi connectivity index (χ0n) is 11.7. The van der Waals surface area contributed by atoms with E-state index in [1.165, 1.54) is 4.80 Å². The molecule has 0 amide bonds. The van der Waals surface area contributed by atoms with Crippen LogP contribution < -0.4 is 0 Å². The molecule has 112 valence electrons. The van der Waals surface area contributed by atoms with Gasteiger partial charge in [0, 0.05) is 0 Å². The van der Waals surface area contributed by atoms with Crippen molar-refractivity contribution in [2.24, 2.45) is 0 Å². The van der Waals surface area contributed by atoms with E-state index in [-0.39, 0.29) is 14.7 Å². The quantitative estimate of drug-likeness (QED) is 0.505. The molecule has 0 aliphatic heterocycles. The minimum atomic E-state index is -0.177. The Morgan fingerprint density at radius 1 is 0.870 bits per heavy atom. The average Bonchev–Trinajstić information content (AvgIpc) is 3.25. The first-order valence-corrected chi connectivity index (χ1v) is 8.75. The maximum atomic E-state index is 5.94. The molecule has 0 saturated heterocycles. The summed E-state index contributed by atoms with van der Waals surface area (Å²) < 4.78 is 5.01. The van der Waals surface area contributed by atoms with Crippen molar-refractivity contribution in [3.05, 3.63) is 59.6 Å². The van der Waals surface area contributed by atoms with E-state index in [9.17, 15) is 0 Å². The van der Waals surface area contributed by atoms with Gasteiger partial charge in [-0.05, 0) is 0 Å². The molecule has 23 heavy (non-hydrogen) atoms. The third-order valence-electron chi connectivity index (χ3n) is 3.22. The Morgan fingerprint density at radius 2 is 1.65 bits per heavy atom. The number of hydrogen-bond donors (Lipinski definition) is 0. The molecule has 0 N–H and O–H groups in total. The van der Waals surface area contributed by atoms with E-state index >= 15 is 0 Å². The molecular weight excluding hydrogens is 379 g/mol. The predicted octanol–water partition coefficient (Wildman–Crippen LogP) is 2.50. The molecule has 2 aromatic heterocycles. The molecule has 0 aliphatic carbocycles. The number of benzene rings is 2. The molecule has 0 atom stereocenters. The summed E-state index contributed by atoms with van der Waals surface area (Å²) in [5, 5.41) is 17.7.